The monoisotopic (exact) mass is 457 g/mol. The van der Waals surface area contributed by atoms with Gasteiger partial charge < -0.3 is 5.32 Å². The van der Waals surface area contributed by atoms with Gasteiger partial charge in [0, 0.05) is 23.1 Å². The van der Waals surface area contributed by atoms with Gasteiger partial charge in [0.1, 0.15) is 6.04 Å². The number of nitrogens with zero attached hydrogens (tertiary/aromatic N) is 2. The first-order valence-electron chi connectivity index (χ1n) is 9.81. The Hall–Kier alpha value is -2.90. The Balaban J connectivity index is 1.78. The van der Waals surface area contributed by atoms with Crippen LogP contribution in [0.25, 0.3) is 0 Å². The fourth-order valence-corrected chi connectivity index (χ4v) is 4.73. The lowest BCUT2D eigenvalue weighted by Crippen LogP contribution is -2.47. The van der Waals surface area contributed by atoms with Crippen LogP contribution in [0.2, 0.25) is 5.02 Å². The second-order valence-electron chi connectivity index (χ2n) is 7.18. The van der Waals surface area contributed by atoms with Crippen molar-refractivity contribution in [1.29, 1.82) is 0 Å². The predicted octanol–water partition coefficient (Wildman–Crippen LogP) is 4.51. The largest absolute Gasteiger partial charge is 0.324 e. The molecule has 1 atom stereocenters. The van der Waals surface area contributed by atoms with Crippen molar-refractivity contribution in [3.8, 4) is 0 Å². The Morgan fingerprint density at radius 1 is 1.06 bits per heavy atom. The third kappa shape index (κ3) is 6.06. The molecule has 1 aromatic heterocycles. The second kappa shape index (κ2) is 9.94. The summed E-state index contributed by atoms with van der Waals surface area (Å²) in [6.45, 7) is 1.77. The van der Waals surface area contributed by atoms with Crippen molar-refractivity contribution in [1.82, 2.24) is 4.98 Å². The summed E-state index contributed by atoms with van der Waals surface area (Å²) in [7, 11) is -3.72. The molecule has 0 aliphatic rings. The standard InChI is InChI=1S/C23H24ClN3O3S/c1-3-22(27(31(2,29)30)21-6-4-5-19(24)16-21)23(28)26-20-9-7-17(8-10-20)15-18-11-13-25-14-12-18/h4-14,16,22H,3,15H2,1-2H3,(H,26,28)/t22-/m1/s1. The van der Waals surface area contributed by atoms with Crippen molar-refractivity contribution in [2.45, 2.75) is 25.8 Å². The van der Waals surface area contributed by atoms with Gasteiger partial charge in [0.05, 0.1) is 11.9 Å². The van der Waals surface area contributed by atoms with Crippen molar-refractivity contribution >= 4 is 38.9 Å². The molecule has 31 heavy (non-hydrogen) atoms. The number of sulfonamides is 1. The number of aromatic nitrogens is 1. The maximum absolute atomic E-state index is 13.0. The molecule has 1 heterocycles. The number of hydrogen-bond donors (Lipinski definition) is 1. The molecule has 1 amide bonds. The van der Waals surface area contributed by atoms with E-state index in [1.165, 1.54) is 6.07 Å². The minimum atomic E-state index is -3.72. The van der Waals surface area contributed by atoms with E-state index in [1.807, 2.05) is 36.4 Å². The van der Waals surface area contributed by atoms with Gasteiger partial charge in [0.25, 0.3) is 0 Å². The van der Waals surface area contributed by atoms with E-state index < -0.39 is 22.0 Å². The number of nitrogens with one attached hydrogen (secondary N) is 1. The number of pyridine rings is 1. The summed E-state index contributed by atoms with van der Waals surface area (Å²) in [4.78, 5) is 17.0. The van der Waals surface area contributed by atoms with E-state index in [0.717, 1.165) is 28.1 Å². The van der Waals surface area contributed by atoms with Crippen molar-refractivity contribution in [2.75, 3.05) is 15.9 Å². The maximum atomic E-state index is 13.0. The van der Waals surface area contributed by atoms with Gasteiger partial charge in [-0.15, -0.1) is 0 Å². The molecule has 0 aliphatic carbocycles. The van der Waals surface area contributed by atoms with Crippen LogP contribution in [0.5, 0.6) is 0 Å². The number of benzene rings is 2. The number of anilines is 2. The van der Waals surface area contributed by atoms with Crippen molar-refractivity contribution in [3.05, 3.63) is 89.2 Å². The summed E-state index contributed by atoms with van der Waals surface area (Å²) in [5, 5.41) is 3.23. The van der Waals surface area contributed by atoms with Gasteiger partial charge in [-0.25, -0.2) is 8.42 Å². The highest BCUT2D eigenvalue weighted by Gasteiger charge is 2.31. The first-order chi connectivity index (χ1) is 14.8. The zero-order valence-electron chi connectivity index (χ0n) is 17.3. The molecule has 0 saturated heterocycles. The zero-order chi connectivity index (χ0) is 22.4. The van der Waals surface area contributed by atoms with Gasteiger partial charge in [0.15, 0.2) is 0 Å². The Bertz CT molecular complexity index is 1140. The molecule has 0 aliphatic heterocycles. The predicted molar refractivity (Wildman–Crippen MR) is 125 cm³/mol. The first-order valence-corrected chi connectivity index (χ1v) is 12.0. The van der Waals surface area contributed by atoms with Crippen LogP contribution in [-0.4, -0.2) is 31.6 Å². The number of amides is 1. The van der Waals surface area contributed by atoms with Crippen LogP contribution in [0.4, 0.5) is 11.4 Å². The average molecular weight is 458 g/mol. The smallest absolute Gasteiger partial charge is 0.248 e. The van der Waals surface area contributed by atoms with E-state index in [-0.39, 0.29) is 0 Å². The van der Waals surface area contributed by atoms with E-state index in [1.54, 1.807) is 37.5 Å². The topological polar surface area (TPSA) is 79.4 Å². The molecule has 0 radical (unpaired) electrons. The van der Waals surface area contributed by atoms with E-state index in [4.69, 9.17) is 11.6 Å². The number of carbonyl (C=O) groups excluding carboxylic acids is 1. The quantitative estimate of drug-likeness (QED) is 0.539. The molecular weight excluding hydrogens is 434 g/mol. The van der Waals surface area contributed by atoms with Crippen LogP contribution in [-0.2, 0) is 21.2 Å². The highest BCUT2D eigenvalue weighted by atomic mass is 35.5. The van der Waals surface area contributed by atoms with Crippen LogP contribution in [0.15, 0.2) is 73.1 Å². The van der Waals surface area contributed by atoms with Gasteiger partial charge in [0.2, 0.25) is 15.9 Å². The minimum absolute atomic E-state index is 0.297. The summed E-state index contributed by atoms with van der Waals surface area (Å²) in [6.07, 6.45) is 5.64. The number of rotatable bonds is 8. The van der Waals surface area contributed by atoms with Gasteiger partial charge in [-0.05, 0) is 66.4 Å². The lowest BCUT2D eigenvalue weighted by atomic mass is 10.1. The number of hydrogen-bond acceptors (Lipinski definition) is 4. The van der Waals surface area contributed by atoms with Crippen molar-refractivity contribution < 1.29 is 13.2 Å². The molecule has 8 heteroatoms. The third-order valence-electron chi connectivity index (χ3n) is 4.77. The summed E-state index contributed by atoms with van der Waals surface area (Å²) >= 11 is 6.04. The molecule has 2 aromatic carbocycles. The van der Waals surface area contributed by atoms with Crippen molar-refractivity contribution in [3.63, 3.8) is 0 Å². The normalized spacial score (nSPS) is 12.2. The summed E-state index contributed by atoms with van der Waals surface area (Å²) in [6, 6.07) is 16.9. The molecule has 3 rings (SSSR count). The zero-order valence-corrected chi connectivity index (χ0v) is 18.9. The Labute approximate surface area is 187 Å². The molecule has 0 saturated carbocycles. The summed E-state index contributed by atoms with van der Waals surface area (Å²) < 4.78 is 26.2. The molecule has 0 unspecified atom stereocenters. The van der Waals surface area contributed by atoms with E-state index in [2.05, 4.69) is 10.3 Å². The average Bonchev–Trinajstić information content (AvgIpc) is 2.73. The molecule has 0 fully saturated rings. The van der Waals surface area contributed by atoms with E-state index >= 15 is 0 Å². The first kappa shape index (κ1) is 22.8. The summed E-state index contributed by atoms with van der Waals surface area (Å²) in [5.74, 6) is -0.408. The Morgan fingerprint density at radius 2 is 1.71 bits per heavy atom. The molecular formula is C23H24ClN3O3S. The molecule has 1 N–H and O–H groups in total. The van der Waals surface area contributed by atoms with Crippen LogP contribution in [0.1, 0.15) is 24.5 Å². The van der Waals surface area contributed by atoms with Gasteiger partial charge in [-0.1, -0.05) is 36.7 Å². The van der Waals surface area contributed by atoms with Crippen LogP contribution in [0.3, 0.4) is 0 Å². The maximum Gasteiger partial charge on any atom is 0.248 e. The van der Waals surface area contributed by atoms with Gasteiger partial charge in [-0.3, -0.25) is 14.1 Å². The van der Waals surface area contributed by atoms with Crippen LogP contribution < -0.4 is 9.62 Å². The molecule has 3 aromatic rings. The highest BCUT2D eigenvalue weighted by Crippen LogP contribution is 2.26. The lowest BCUT2D eigenvalue weighted by molar-refractivity contribution is -0.117. The third-order valence-corrected chi connectivity index (χ3v) is 6.19. The Kier molecular flexibility index (Phi) is 7.30. The SMILES string of the molecule is CC[C@H](C(=O)Nc1ccc(Cc2ccncc2)cc1)N(c1cccc(Cl)c1)S(C)(=O)=O. The van der Waals surface area contributed by atoms with Gasteiger partial charge >= 0.3 is 0 Å². The fourth-order valence-electron chi connectivity index (χ4n) is 3.34. The molecule has 6 nitrogen and oxygen atoms in total. The van der Waals surface area contributed by atoms with Crippen LogP contribution in [0, 0.1) is 0 Å². The van der Waals surface area contributed by atoms with Crippen LogP contribution >= 0.6 is 11.6 Å². The fraction of sp³-hybridized carbons (Fsp3) is 0.217. The molecule has 0 spiro atoms. The summed E-state index contributed by atoms with van der Waals surface area (Å²) in [5.41, 5.74) is 3.18. The molecule has 162 valence electrons. The van der Waals surface area contributed by atoms with E-state index in [0.29, 0.717) is 22.8 Å². The minimum Gasteiger partial charge on any atom is -0.324 e. The highest BCUT2D eigenvalue weighted by molar-refractivity contribution is 7.92. The van der Waals surface area contributed by atoms with Crippen molar-refractivity contribution in [2.24, 2.45) is 0 Å². The lowest BCUT2D eigenvalue weighted by Gasteiger charge is -2.30. The molecule has 0 bridgehead atoms. The number of halogens is 1. The van der Waals surface area contributed by atoms with E-state index in [9.17, 15) is 13.2 Å². The number of carbonyl (C=O) groups is 1. The Morgan fingerprint density at radius 3 is 2.29 bits per heavy atom. The second-order valence-corrected chi connectivity index (χ2v) is 9.48. The van der Waals surface area contributed by atoms with Gasteiger partial charge in [-0.2, -0.15) is 0 Å².